The molecule has 0 bridgehead atoms. The average Bonchev–Trinajstić information content (AvgIpc) is 2.13. The number of sulfonamides is 1. The summed E-state index contributed by atoms with van der Waals surface area (Å²) in [6.45, 7) is 8.25. The largest absolute Gasteiger partial charge is 0.393 e. The fraction of sp³-hybridized carbons (Fsp3) is 1.00. The normalized spacial score (nSPS) is 15.1. The van der Waals surface area contributed by atoms with Gasteiger partial charge in [-0.1, -0.05) is 27.7 Å². The van der Waals surface area contributed by atoms with E-state index in [-0.39, 0.29) is 11.2 Å². The molecule has 0 aliphatic carbocycles. The van der Waals surface area contributed by atoms with Gasteiger partial charge in [-0.05, 0) is 24.7 Å². The van der Waals surface area contributed by atoms with Crippen LogP contribution in [0.4, 0.5) is 0 Å². The molecule has 5 heteroatoms. The van der Waals surface area contributed by atoms with Crippen LogP contribution in [0.2, 0.25) is 0 Å². The van der Waals surface area contributed by atoms with Crippen molar-refractivity contribution < 1.29 is 13.5 Å². The van der Waals surface area contributed by atoms with Crippen LogP contribution in [0.1, 0.15) is 47.0 Å². The molecule has 0 fully saturated rings. The Labute approximate surface area is 99.5 Å². The van der Waals surface area contributed by atoms with Gasteiger partial charge in [0.05, 0.1) is 11.9 Å². The van der Waals surface area contributed by atoms with E-state index < -0.39 is 16.1 Å². The van der Waals surface area contributed by atoms with Crippen LogP contribution in [-0.4, -0.2) is 31.9 Å². The zero-order chi connectivity index (χ0) is 12.8. The highest BCUT2D eigenvalue weighted by Crippen LogP contribution is 2.18. The van der Waals surface area contributed by atoms with Crippen molar-refractivity contribution in [2.45, 2.75) is 53.1 Å². The molecule has 0 aromatic heterocycles. The Kier molecular flexibility index (Phi) is 6.51. The molecule has 98 valence electrons. The summed E-state index contributed by atoms with van der Waals surface area (Å²) in [5.74, 6) is 0.152. The first-order valence-electron chi connectivity index (χ1n) is 5.82. The molecule has 0 rings (SSSR count). The average molecular weight is 251 g/mol. The molecule has 0 amide bonds. The van der Waals surface area contributed by atoms with E-state index in [0.717, 1.165) is 0 Å². The molecular weight excluding hydrogens is 226 g/mol. The summed E-state index contributed by atoms with van der Waals surface area (Å²) >= 11 is 0. The minimum Gasteiger partial charge on any atom is -0.393 e. The van der Waals surface area contributed by atoms with E-state index in [2.05, 4.69) is 4.72 Å². The first kappa shape index (κ1) is 15.9. The molecule has 0 aliphatic heterocycles. The summed E-state index contributed by atoms with van der Waals surface area (Å²) in [5, 5.41) is 9.28. The maximum atomic E-state index is 11.6. The van der Waals surface area contributed by atoms with Crippen molar-refractivity contribution in [2.24, 2.45) is 5.41 Å². The third-order valence-electron chi connectivity index (χ3n) is 2.39. The van der Waals surface area contributed by atoms with Crippen molar-refractivity contribution in [3.05, 3.63) is 0 Å². The molecule has 0 saturated carbocycles. The zero-order valence-corrected chi connectivity index (χ0v) is 11.6. The molecule has 0 aromatic carbocycles. The van der Waals surface area contributed by atoms with Crippen LogP contribution >= 0.6 is 0 Å². The van der Waals surface area contributed by atoms with E-state index in [4.69, 9.17) is 0 Å². The van der Waals surface area contributed by atoms with Gasteiger partial charge in [-0.2, -0.15) is 0 Å². The summed E-state index contributed by atoms with van der Waals surface area (Å²) in [7, 11) is -3.18. The lowest BCUT2D eigenvalue weighted by Crippen LogP contribution is -2.30. The molecular formula is C11H25NO3S. The lowest BCUT2D eigenvalue weighted by Gasteiger charge is -2.18. The van der Waals surface area contributed by atoms with E-state index >= 15 is 0 Å². The Morgan fingerprint density at radius 1 is 1.31 bits per heavy atom. The van der Waals surface area contributed by atoms with Gasteiger partial charge < -0.3 is 5.11 Å². The second-order valence-corrected chi connectivity index (χ2v) is 7.30. The van der Waals surface area contributed by atoms with E-state index in [1.807, 2.05) is 27.7 Å². The molecule has 4 nitrogen and oxygen atoms in total. The highest BCUT2D eigenvalue weighted by atomic mass is 32.2. The number of hydrogen-bond donors (Lipinski definition) is 2. The first-order valence-corrected chi connectivity index (χ1v) is 7.47. The molecule has 0 saturated heterocycles. The minimum atomic E-state index is -3.18. The second kappa shape index (κ2) is 6.57. The number of aliphatic hydroxyl groups excluding tert-OH is 1. The number of rotatable bonds is 7. The number of nitrogens with one attached hydrogen (secondary N) is 1. The van der Waals surface area contributed by atoms with Crippen LogP contribution in [-0.2, 0) is 10.0 Å². The Balaban J connectivity index is 3.89. The Hall–Kier alpha value is -0.130. The lowest BCUT2D eigenvalue weighted by atomic mass is 9.94. The van der Waals surface area contributed by atoms with Gasteiger partial charge >= 0.3 is 0 Å². The molecule has 0 aromatic rings. The first-order chi connectivity index (χ1) is 7.16. The van der Waals surface area contributed by atoms with Gasteiger partial charge in [0, 0.05) is 6.54 Å². The van der Waals surface area contributed by atoms with Crippen LogP contribution in [0, 0.1) is 5.41 Å². The Morgan fingerprint density at radius 2 is 1.88 bits per heavy atom. The number of aliphatic hydroxyl groups is 1. The van der Waals surface area contributed by atoms with Crippen molar-refractivity contribution in [3.8, 4) is 0 Å². The fourth-order valence-electron chi connectivity index (χ4n) is 1.10. The Morgan fingerprint density at radius 3 is 2.31 bits per heavy atom. The standard InChI is InChI=1S/C11H25NO3S/c1-5-10(13)6-8-12-16(14,15)9-7-11(2,3)4/h10,12-13H,5-9H2,1-4H3. The molecule has 0 heterocycles. The molecule has 2 N–H and O–H groups in total. The summed E-state index contributed by atoms with van der Waals surface area (Å²) in [6.07, 6.45) is 1.36. The fourth-order valence-corrected chi connectivity index (χ4v) is 2.55. The third-order valence-corrected chi connectivity index (χ3v) is 3.78. The van der Waals surface area contributed by atoms with Gasteiger partial charge in [-0.25, -0.2) is 13.1 Å². The van der Waals surface area contributed by atoms with E-state index in [1.165, 1.54) is 0 Å². The Bertz CT molecular complexity index is 280. The summed E-state index contributed by atoms with van der Waals surface area (Å²) in [6, 6.07) is 0. The quantitative estimate of drug-likeness (QED) is 0.720. The highest BCUT2D eigenvalue weighted by molar-refractivity contribution is 7.89. The SMILES string of the molecule is CCC(O)CCNS(=O)(=O)CCC(C)(C)C. The maximum Gasteiger partial charge on any atom is 0.211 e. The molecule has 1 atom stereocenters. The van der Waals surface area contributed by atoms with E-state index in [1.54, 1.807) is 0 Å². The van der Waals surface area contributed by atoms with E-state index in [9.17, 15) is 13.5 Å². The van der Waals surface area contributed by atoms with Crippen LogP contribution in [0.25, 0.3) is 0 Å². The predicted octanol–water partition coefficient (Wildman–Crippen LogP) is 1.50. The molecule has 0 aliphatic rings. The molecule has 0 spiro atoms. The summed E-state index contributed by atoms with van der Waals surface area (Å²) in [5.41, 5.74) is 0.0255. The summed E-state index contributed by atoms with van der Waals surface area (Å²) in [4.78, 5) is 0. The highest BCUT2D eigenvalue weighted by Gasteiger charge is 2.17. The maximum absolute atomic E-state index is 11.6. The smallest absolute Gasteiger partial charge is 0.211 e. The van der Waals surface area contributed by atoms with Gasteiger partial charge in [0.2, 0.25) is 10.0 Å². The summed E-state index contributed by atoms with van der Waals surface area (Å²) < 4.78 is 25.6. The van der Waals surface area contributed by atoms with Crippen LogP contribution in [0.15, 0.2) is 0 Å². The topological polar surface area (TPSA) is 66.4 Å². The van der Waals surface area contributed by atoms with Crippen LogP contribution in [0.5, 0.6) is 0 Å². The third kappa shape index (κ3) is 9.12. The van der Waals surface area contributed by atoms with Crippen LogP contribution in [0.3, 0.4) is 0 Å². The lowest BCUT2D eigenvalue weighted by molar-refractivity contribution is 0.162. The van der Waals surface area contributed by atoms with Crippen molar-refractivity contribution in [2.75, 3.05) is 12.3 Å². The second-order valence-electron chi connectivity index (χ2n) is 5.37. The molecule has 0 radical (unpaired) electrons. The van der Waals surface area contributed by atoms with Crippen molar-refractivity contribution >= 4 is 10.0 Å². The van der Waals surface area contributed by atoms with Gasteiger partial charge in [0.25, 0.3) is 0 Å². The van der Waals surface area contributed by atoms with E-state index in [0.29, 0.717) is 25.8 Å². The molecule has 1 unspecified atom stereocenters. The molecule has 16 heavy (non-hydrogen) atoms. The monoisotopic (exact) mass is 251 g/mol. The van der Waals surface area contributed by atoms with Gasteiger partial charge in [-0.15, -0.1) is 0 Å². The van der Waals surface area contributed by atoms with Crippen molar-refractivity contribution in [3.63, 3.8) is 0 Å². The van der Waals surface area contributed by atoms with Crippen molar-refractivity contribution in [1.29, 1.82) is 0 Å². The predicted molar refractivity (Wildman–Crippen MR) is 66.8 cm³/mol. The zero-order valence-electron chi connectivity index (χ0n) is 10.8. The number of hydrogen-bond acceptors (Lipinski definition) is 3. The van der Waals surface area contributed by atoms with Gasteiger partial charge in [0.1, 0.15) is 0 Å². The van der Waals surface area contributed by atoms with Gasteiger partial charge in [-0.3, -0.25) is 0 Å². The van der Waals surface area contributed by atoms with Crippen molar-refractivity contribution in [1.82, 2.24) is 4.72 Å². The van der Waals surface area contributed by atoms with Crippen LogP contribution < -0.4 is 4.72 Å². The van der Waals surface area contributed by atoms with Gasteiger partial charge in [0.15, 0.2) is 0 Å². The minimum absolute atomic E-state index is 0.0255.